The van der Waals surface area contributed by atoms with Crippen LogP contribution in [0, 0.1) is 5.92 Å². The maximum atomic E-state index is 11.9. The van der Waals surface area contributed by atoms with Crippen molar-refractivity contribution in [1.82, 2.24) is 15.5 Å². The molecule has 0 aromatic heterocycles. The molecule has 0 aliphatic carbocycles. The third kappa shape index (κ3) is 8.88. The van der Waals surface area contributed by atoms with Crippen molar-refractivity contribution in [3.63, 3.8) is 0 Å². The fourth-order valence-electron chi connectivity index (χ4n) is 3.17. The number of carbonyl (C=O) groups excluding carboxylic acids is 1. The highest BCUT2D eigenvalue weighted by atomic mass is 127. The molecule has 0 bridgehead atoms. The molecule has 2 N–H and O–H groups in total. The van der Waals surface area contributed by atoms with Gasteiger partial charge < -0.3 is 25.0 Å². The van der Waals surface area contributed by atoms with E-state index in [0.717, 1.165) is 44.2 Å². The predicted octanol–water partition coefficient (Wildman–Crippen LogP) is 2.50. The number of methoxy groups -OCH3 is 1. The first kappa shape index (κ1) is 25.6. The van der Waals surface area contributed by atoms with Gasteiger partial charge >= 0.3 is 0 Å². The predicted molar refractivity (Wildman–Crippen MR) is 127 cm³/mol. The molecule has 7 nitrogen and oxygen atoms in total. The number of benzene rings is 1. The third-order valence-electron chi connectivity index (χ3n) is 4.67. The zero-order valence-electron chi connectivity index (χ0n) is 17.8. The Balaban J connectivity index is 0.00000420. The first-order valence-electron chi connectivity index (χ1n) is 10.1. The van der Waals surface area contributed by atoms with Crippen molar-refractivity contribution in [2.45, 2.75) is 26.8 Å². The van der Waals surface area contributed by atoms with Crippen LogP contribution >= 0.6 is 24.0 Å². The molecule has 8 heteroatoms. The molecular formula is C21H35IN4O3. The van der Waals surface area contributed by atoms with E-state index in [0.29, 0.717) is 37.8 Å². The van der Waals surface area contributed by atoms with Crippen molar-refractivity contribution < 1.29 is 14.3 Å². The van der Waals surface area contributed by atoms with E-state index in [1.165, 1.54) is 0 Å². The van der Waals surface area contributed by atoms with Gasteiger partial charge in [-0.05, 0) is 38.0 Å². The molecule has 1 aromatic carbocycles. The van der Waals surface area contributed by atoms with Crippen LogP contribution in [-0.2, 0) is 16.0 Å². The molecule has 1 saturated heterocycles. The fraction of sp³-hybridized carbons (Fsp3) is 0.619. The normalized spacial score (nSPS) is 16.4. The Labute approximate surface area is 191 Å². The van der Waals surface area contributed by atoms with E-state index >= 15 is 0 Å². The third-order valence-corrected chi connectivity index (χ3v) is 4.67. The first-order valence-corrected chi connectivity index (χ1v) is 10.1. The van der Waals surface area contributed by atoms with Crippen molar-refractivity contribution in [3.05, 3.63) is 35.4 Å². The monoisotopic (exact) mass is 518 g/mol. The van der Waals surface area contributed by atoms with Gasteiger partial charge in [-0.2, -0.15) is 0 Å². The van der Waals surface area contributed by atoms with Crippen LogP contribution < -0.4 is 10.6 Å². The van der Waals surface area contributed by atoms with Crippen LogP contribution in [0.5, 0.6) is 0 Å². The summed E-state index contributed by atoms with van der Waals surface area (Å²) in [6, 6.07) is 7.64. The van der Waals surface area contributed by atoms with Gasteiger partial charge in [0.05, 0.1) is 26.4 Å². The molecule has 0 spiro atoms. The highest BCUT2D eigenvalue weighted by molar-refractivity contribution is 14.0. The molecule has 1 aliphatic rings. The molecule has 1 heterocycles. The van der Waals surface area contributed by atoms with Gasteiger partial charge in [-0.1, -0.05) is 12.1 Å². The second-order valence-electron chi connectivity index (χ2n) is 6.89. The zero-order valence-corrected chi connectivity index (χ0v) is 20.1. The van der Waals surface area contributed by atoms with E-state index in [9.17, 15) is 4.79 Å². The van der Waals surface area contributed by atoms with Crippen molar-refractivity contribution in [3.8, 4) is 0 Å². The van der Waals surface area contributed by atoms with Crippen LogP contribution in [0.3, 0.4) is 0 Å². The number of nitrogens with zero attached hydrogens (tertiary/aromatic N) is 2. The minimum atomic E-state index is -0.0401. The number of amides is 1. The van der Waals surface area contributed by atoms with Gasteiger partial charge in [0.15, 0.2) is 5.96 Å². The average molecular weight is 518 g/mol. The van der Waals surface area contributed by atoms with Crippen molar-refractivity contribution in [2.75, 3.05) is 53.1 Å². The van der Waals surface area contributed by atoms with E-state index in [1.54, 1.807) is 7.11 Å². The number of aliphatic imine (C=N–C) groups is 1. The summed E-state index contributed by atoms with van der Waals surface area (Å²) in [6.45, 7) is 10.0. The Kier molecular flexibility index (Phi) is 12.9. The molecule has 2 rings (SSSR count). The summed E-state index contributed by atoms with van der Waals surface area (Å²) in [7, 11) is 1.69. The highest BCUT2D eigenvalue weighted by Crippen LogP contribution is 2.17. The minimum absolute atomic E-state index is 0. The molecule has 1 fully saturated rings. The van der Waals surface area contributed by atoms with Crippen molar-refractivity contribution >= 4 is 35.8 Å². The quantitative estimate of drug-likeness (QED) is 0.216. The van der Waals surface area contributed by atoms with E-state index in [4.69, 9.17) is 14.5 Å². The Bertz CT molecular complexity index is 625. The second kappa shape index (κ2) is 14.6. The van der Waals surface area contributed by atoms with Gasteiger partial charge in [-0.25, -0.2) is 4.99 Å². The first-order chi connectivity index (χ1) is 13.7. The molecule has 29 heavy (non-hydrogen) atoms. The lowest BCUT2D eigenvalue weighted by Crippen LogP contribution is -2.40. The summed E-state index contributed by atoms with van der Waals surface area (Å²) >= 11 is 0. The van der Waals surface area contributed by atoms with E-state index in [2.05, 4.69) is 22.5 Å². The smallest absolute Gasteiger partial charge is 0.251 e. The molecule has 0 radical (unpaired) electrons. The number of hydrogen-bond acceptors (Lipinski definition) is 4. The number of likely N-dealkylation sites (tertiary alicyclic amines) is 1. The van der Waals surface area contributed by atoms with Crippen LogP contribution in [-0.4, -0.2) is 69.9 Å². The molecule has 1 aliphatic heterocycles. The molecule has 164 valence electrons. The topological polar surface area (TPSA) is 75.2 Å². The number of carbonyl (C=O) groups is 1. The molecule has 0 saturated carbocycles. The van der Waals surface area contributed by atoms with E-state index < -0.39 is 0 Å². The Morgan fingerprint density at radius 1 is 1.17 bits per heavy atom. The maximum absolute atomic E-state index is 11.9. The number of rotatable bonds is 10. The number of halogens is 1. The summed E-state index contributed by atoms with van der Waals surface area (Å²) in [6.07, 6.45) is 1.11. The van der Waals surface area contributed by atoms with Crippen LogP contribution in [0.2, 0.25) is 0 Å². The van der Waals surface area contributed by atoms with Crippen LogP contribution in [0.4, 0.5) is 0 Å². The van der Waals surface area contributed by atoms with Crippen LogP contribution in [0.1, 0.15) is 36.2 Å². The van der Waals surface area contributed by atoms with Gasteiger partial charge in [0.2, 0.25) is 0 Å². The van der Waals surface area contributed by atoms with Crippen molar-refractivity contribution in [1.29, 1.82) is 0 Å². The summed E-state index contributed by atoms with van der Waals surface area (Å²) in [5, 5.41) is 6.20. The largest absolute Gasteiger partial charge is 0.382 e. The summed E-state index contributed by atoms with van der Waals surface area (Å²) < 4.78 is 10.7. The zero-order chi connectivity index (χ0) is 20.2. The molecule has 1 aromatic rings. The highest BCUT2D eigenvalue weighted by Gasteiger charge is 2.24. The summed E-state index contributed by atoms with van der Waals surface area (Å²) in [4.78, 5) is 18.9. The van der Waals surface area contributed by atoms with Gasteiger partial charge in [0.1, 0.15) is 0 Å². The Hall–Kier alpha value is -1.39. The molecular weight excluding hydrogens is 483 g/mol. The lowest BCUT2D eigenvalue weighted by Gasteiger charge is -2.21. The number of guanidine groups is 1. The summed E-state index contributed by atoms with van der Waals surface area (Å²) in [5.74, 6) is 1.42. The van der Waals surface area contributed by atoms with Crippen molar-refractivity contribution in [2.24, 2.45) is 10.9 Å². The van der Waals surface area contributed by atoms with Gasteiger partial charge in [0, 0.05) is 44.8 Å². The maximum Gasteiger partial charge on any atom is 0.251 e. The number of hydrogen-bond donors (Lipinski definition) is 2. The second-order valence-corrected chi connectivity index (χ2v) is 6.89. The molecule has 1 amide bonds. The fourth-order valence-corrected chi connectivity index (χ4v) is 3.17. The summed E-state index contributed by atoms with van der Waals surface area (Å²) in [5.41, 5.74) is 1.76. The van der Waals surface area contributed by atoms with Gasteiger partial charge in [-0.3, -0.25) is 4.79 Å². The van der Waals surface area contributed by atoms with E-state index in [1.807, 2.05) is 31.2 Å². The standard InChI is InChI=1S/C21H34N4O3.HI/c1-4-22-20(26)19-8-6-17(7-9-19)14-24-21(23-5-2)25-11-10-18(15-25)16-28-13-12-27-3;/h6-9,18H,4-5,10-16H2,1-3H3,(H,22,26)(H,23,24);1H. The number of ether oxygens (including phenoxy) is 2. The van der Waals surface area contributed by atoms with Crippen LogP contribution in [0.15, 0.2) is 29.3 Å². The Morgan fingerprint density at radius 2 is 1.90 bits per heavy atom. The SMILES string of the molecule is CCNC(=O)c1ccc(CN=C(NCC)N2CCC(COCCOC)C2)cc1.I. The van der Waals surface area contributed by atoms with Gasteiger partial charge in [-0.15, -0.1) is 24.0 Å². The van der Waals surface area contributed by atoms with Gasteiger partial charge in [0.25, 0.3) is 5.91 Å². The lowest BCUT2D eigenvalue weighted by atomic mass is 10.1. The van der Waals surface area contributed by atoms with E-state index in [-0.39, 0.29) is 29.9 Å². The number of nitrogens with one attached hydrogen (secondary N) is 2. The molecule has 1 atom stereocenters. The Morgan fingerprint density at radius 3 is 2.55 bits per heavy atom. The van der Waals surface area contributed by atoms with Crippen LogP contribution in [0.25, 0.3) is 0 Å². The lowest BCUT2D eigenvalue weighted by molar-refractivity contribution is 0.0536. The minimum Gasteiger partial charge on any atom is -0.382 e. The average Bonchev–Trinajstić information content (AvgIpc) is 3.18. The molecule has 1 unspecified atom stereocenters.